The Labute approximate surface area is 113 Å². The lowest BCUT2D eigenvalue weighted by Gasteiger charge is -2.11. The molecule has 0 aromatic carbocycles. The number of likely N-dealkylation sites (N-methyl/N-ethyl adjacent to an activating group) is 1. The van der Waals surface area contributed by atoms with Gasteiger partial charge >= 0.3 is 0 Å². The van der Waals surface area contributed by atoms with Crippen molar-refractivity contribution >= 4 is 17.4 Å². The number of carbonyl (C=O) groups excluding carboxylic acids is 1. The minimum absolute atomic E-state index is 0.0616. The molecule has 0 aliphatic heterocycles. The van der Waals surface area contributed by atoms with E-state index in [1.165, 1.54) is 0 Å². The van der Waals surface area contributed by atoms with Crippen molar-refractivity contribution in [2.24, 2.45) is 0 Å². The summed E-state index contributed by atoms with van der Waals surface area (Å²) in [5, 5.41) is 7.63. The van der Waals surface area contributed by atoms with Crippen LogP contribution in [-0.2, 0) is 6.54 Å². The molecule has 0 unspecified atom stereocenters. The first kappa shape index (κ1) is 15.1. The van der Waals surface area contributed by atoms with Crippen molar-refractivity contribution < 1.29 is 4.79 Å². The van der Waals surface area contributed by atoms with Crippen LogP contribution in [0.4, 0.5) is 0 Å². The van der Waals surface area contributed by atoms with Crippen molar-refractivity contribution in [3.63, 3.8) is 0 Å². The Morgan fingerprint density at radius 3 is 2.89 bits per heavy atom. The molecular formula is C12H21ClN4O. The highest BCUT2D eigenvalue weighted by molar-refractivity contribution is 6.33. The van der Waals surface area contributed by atoms with Crippen LogP contribution in [0.1, 0.15) is 23.3 Å². The van der Waals surface area contributed by atoms with Crippen LogP contribution in [0.15, 0.2) is 6.20 Å². The number of Topliss-reactive ketones (excluding diaryl/α,β-unsaturated/α-hetero) is 1. The van der Waals surface area contributed by atoms with Gasteiger partial charge in [0.15, 0.2) is 5.78 Å². The van der Waals surface area contributed by atoms with Crippen molar-refractivity contribution in [1.82, 2.24) is 20.0 Å². The van der Waals surface area contributed by atoms with E-state index in [9.17, 15) is 4.79 Å². The fraction of sp³-hybridized carbons (Fsp3) is 0.667. The maximum absolute atomic E-state index is 12.1. The highest BCUT2D eigenvalue weighted by Crippen LogP contribution is 2.17. The van der Waals surface area contributed by atoms with Gasteiger partial charge in [-0.2, -0.15) is 5.10 Å². The third-order valence-corrected chi connectivity index (χ3v) is 2.93. The standard InChI is InChI=1S/C12H21ClN4O/c1-14-6-4-5-11(18)12-10(13)9-15-17(12)8-7-16(2)3/h9,14H,4-8H2,1-3H3. The van der Waals surface area contributed by atoms with E-state index in [1.54, 1.807) is 10.9 Å². The quantitative estimate of drug-likeness (QED) is 0.572. The summed E-state index contributed by atoms with van der Waals surface area (Å²) in [6.45, 7) is 2.33. The van der Waals surface area contributed by atoms with E-state index in [0.29, 0.717) is 23.7 Å². The second-order valence-electron chi connectivity index (χ2n) is 4.50. The molecule has 0 atom stereocenters. The van der Waals surface area contributed by atoms with Crippen LogP contribution < -0.4 is 5.32 Å². The highest BCUT2D eigenvalue weighted by Gasteiger charge is 2.16. The van der Waals surface area contributed by atoms with Crippen LogP contribution in [0.25, 0.3) is 0 Å². The average Bonchev–Trinajstić information content (AvgIpc) is 2.68. The first-order chi connectivity index (χ1) is 8.56. The number of hydrogen-bond donors (Lipinski definition) is 1. The number of nitrogens with one attached hydrogen (secondary N) is 1. The predicted octanol–water partition coefficient (Wildman–Crippen LogP) is 1.28. The van der Waals surface area contributed by atoms with Gasteiger partial charge in [-0.15, -0.1) is 0 Å². The van der Waals surface area contributed by atoms with Gasteiger partial charge in [-0.3, -0.25) is 9.48 Å². The summed E-state index contributed by atoms with van der Waals surface area (Å²) in [5.74, 6) is 0.0616. The number of aromatic nitrogens is 2. The van der Waals surface area contributed by atoms with E-state index in [-0.39, 0.29) is 5.78 Å². The molecule has 1 heterocycles. The number of halogens is 1. The lowest BCUT2D eigenvalue weighted by atomic mass is 10.1. The fourth-order valence-electron chi connectivity index (χ4n) is 1.65. The van der Waals surface area contributed by atoms with E-state index in [4.69, 9.17) is 11.6 Å². The molecule has 6 heteroatoms. The molecule has 1 N–H and O–H groups in total. The molecule has 0 bridgehead atoms. The Morgan fingerprint density at radius 2 is 2.28 bits per heavy atom. The monoisotopic (exact) mass is 272 g/mol. The molecule has 0 aliphatic rings. The minimum Gasteiger partial charge on any atom is -0.320 e. The normalized spacial score (nSPS) is 11.2. The molecule has 0 amide bonds. The first-order valence-electron chi connectivity index (χ1n) is 6.10. The highest BCUT2D eigenvalue weighted by atomic mass is 35.5. The third-order valence-electron chi connectivity index (χ3n) is 2.65. The fourth-order valence-corrected chi connectivity index (χ4v) is 1.89. The smallest absolute Gasteiger partial charge is 0.182 e. The second kappa shape index (κ2) is 7.51. The molecular weight excluding hydrogens is 252 g/mol. The zero-order valence-electron chi connectivity index (χ0n) is 11.2. The maximum Gasteiger partial charge on any atom is 0.182 e. The summed E-state index contributed by atoms with van der Waals surface area (Å²) in [7, 11) is 5.85. The molecule has 0 saturated carbocycles. The second-order valence-corrected chi connectivity index (χ2v) is 4.91. The molecule has 0 spiro atoms. The topological polar surface area (TPSA) is 50.2 Å². The van der Waals surface area contributed by atoms with E-state index in [1.807, 2.05) is 26.0 Å². The molecule has 1 aromatic heterocycles. The van der Waals surface area contributed by atoms with Crippen molar-refractivity contribution in [3.8, 4) is 0 Å². The number of hydrogen-bond acceptors (Lipinski definition) is 4. The minimum atomic E-state index is 0.0616. The maximum atomic E-state index is 12.1. The molecule has 0 radical (unpaired) electrons. The van der Waals surface area contributed by atoms with Crippen LogP contribution in [0.5, 0.6) is 0 Å². The van der Waals surface area contributed by atoms with E-state index in [2.05, 4.69) is 10.4 Å². The summed E-state index contributed by atoms with van der Waals surface area (Å²) in [6, 6.07) is 0. The Balaban J connectivity index is 2.67. The molecule has 5 nitrogen and oxygen atoms in total. The van der Waals surface area contributed by atoms with Crippen LogP contribution in [0.3, 0.4) is 0 Å². The Morgan fingerprint density at radius 1 is 1.56 bits per heavy atom. The van der Waals surface area contributed by atoms with Gasteiger partial charge < -0.3 is 10.2 Å². The van der Waals surface area contributed by atoms with Crippen molar-refractivity contribution in [2.75, 3.05) is 34.2 Å². The van der Waals surface area contributed by atoms with Crippen LogP contribution in [-0.4, -0.2) is 54.7 Å². The SMILES string of the molecule is CNCCCC(=O)c1c(Cl)cnn1CCN(C)C. The first-order valence-corrected chi connectivity index (χ1v) is 6.48. The third kappa shape index (κ3) is 4.40. The summed E-state index contributed by atoms with van der Waals surface area (Å²) < 4.78 is 1.70. The molecule has 102 valence electrons. The van der Waals surface area contributed by atoms with E-state index >= 15 is 0 Å². The largest absolute Gasteiger partial charge is 0.320 e. The predicted molar refractivity (Wildman–Crippen MR) is 73.3 cm³/mol. The van der Waals surface area contributed by atoms with E-state index < -0.39 is 0 Å². The number of carbonyl (C=O) groups is 1. The zero-order valence-corrected chi connectivity index (χ0v) is 12.0. The van der Waals surface area contributed by atoms with Gasteiger partial charge in [0.25, 0.3) is 0 Å². The molecule has 1 rings (SSSR count). The van der Waals surface area contributed by atoms with Gasteiger partial charge in [0, 0.05) is 13.0 Å². The summed E-state index contributed by atoms with van der Waals surface area (Å²) in [4.78, 5) is 14.1. The summed E-state index contributed by atoms with van der Waals surface area (Å²) in [6.07, 6.45) is 2.85. The Kier molecular flexibility index (Phi) is 6.32. The van der Waals surface area contributed by atoms with Crippen molar-refractivity contribution in [1.29, 1.82) is 0 Å². The molecule has 0 saturated heterocycles. The molecule has 0 fully saturated rings. The van der Waals surface area contributed by atoms with Gasteiger partial charge in [0.05, 0.1) is 17.8 Å². The summed E-state index contributed by atoms with van der Waals surface area (Å²) in [5.41, 5.74) is 0.537. The summed E-state index contributed by atoms with van der Waals surface area (Å²) >= 11 is 6.03. The van der Waals surface area contributed by atoms with Gasteiger partial charge in [0.2, 0.25) is 0 Å². The molecule has 0 aliphatic carbocycles. The number of nitrogens with zero attached hydrogens (tertiary/aromatic N) is 3. The van der Waals surface area contributed by atoms with Gasteiger partial charge in [-0.25, -0.2) is 0 Å². The molecule has 18 heavy (non-hydrogen) atoms. The van der Waals surface area contributed by atoms with Crippen LogP contribution in [0, 0.1) is 0 Å². The molecule has 1 aromatic rings. The lowest BCUT2D eigenvalue weighted by Crippen LogP contribution is -2.21. The van der Waals surface area contributed by atoms with Crippen molar-refractivity contribution in [2.45, 2.75) is 19.4 Å². The zero-order chi connectivity index (χ0) is 13.5. The van der Waals surface area contributed by atoms with Gasteiger partial charge in [-0.1, -0.05) is 11.6 Å². The average molecular weight is 273 g/mol. The lowest BCUT2D eigenvalue weighted by molar-refractivity contribution is 0.0969. The van der Waals surface area contributed by atoms with Gasteiger partial charge in [-0.05, 0) is 34.1 Å². The van der Waals surface area contributed by atoms with E-state index in [0.717, 1.165) is 19.5 Å². The van der Waals surface area contributed by atoms with Gasteiger partial charge in [0.1, 0.15) is 5.69 Å². The number of ketones is 1. The van der Waals surface area contributed by atoms with Crippen LogP contribution >= 0.6 is 11.6 Å². The van der Waals surface area contributed by atoms with Crippen LogP contribution in [0.2, 0.25) is 5.02 Å². The Hall–Kier alpha value is -0.910. The van der Waals surface area contributed by atoms with Crippen molar-refractivity contribution in [3.05, 3.63) is 16.9 Å². The number of rotatable bonds is 8. The Bertz CT molecular complexity index is 389.